The van der Waals surface area contributed by atoms with Gasteiger partial charge in [-0.15, -0.1) is 0 Å². The monoisotopic (exact) mass is 543 g/mol. The highest BCUT2D eigenvalue weighted by atomic mass is 35.5. The van der Waals surface area contributed by atoms with Crippen molar-refractivity contribution < 1.29 is 27.6 Å². The first-order valence-electron chi connectivity index (χ1n) is 10.9. The summed E-state index contributed by atoms with van der Waals surface area (Å²) in [6.07, 6.45) is -0.797. The van der Waals surface area contributed by atoms with Crippen molar-refractivity contribution in [3.8, 4) is 11.5 Å². The fraction of sp³-hybridized carbons (Fsp3) is 0.304. The maximum Gasteiger partial charge on any atom is 0.417 e. The van der Waals surface area contributed by atoms with Crippen LogP contribution in [-0.4, -0.2) is 44.3 Å². The normalized spacial score (nSPS) is 13.6. The molecule has 0 fully saturated rings. The number of urea groups is 1. The molecule has 0 atom stereocenters. The lowest BCUT2D eigenvalue weighted by atomic mass is 10.0. The number of aromatic nitrogens is 3. The fourth-order valence-corrected chi connectivity index (χ4v) is 3.90. The van der Waals surface area contributed by atoms with Crippen LogP contribution in [0.5, 0.6) is 0 Å². The first-order chi connectivity index (χ1) is 17.2. The smallest absolute Gasteiger partial charge is 0.388 e. The van der Waals surface area contributed by atoms with E-state index in [1.807, 2.05) is 13.8 Å². The minimum Gasteiger partial charge on any atom is -0.388 e. The molecule has 8 nitrogen and oxygen atoms in total. The molecule has 2 aromatic heterocycles. The number of hydrogen-bond acceptors (Lipinski definition) is 6. The summed E-state index contributed by atoms with van der Waals surface area (Å²) in [5.74, 6) is 0.316. The number of aliphatic hydroxyl groups is 1. The van der Waals surface area contributed by atoms with Gasteiger partial charge in [-0.25, -0.2) is 4.79 Å². The molecule has 2 amide bonds. The molecule has 1 aliphatic rings. The van der Waals surface area contributed by atoms with Crippen molar-refractivity contribution in [2.24, 2.45) is 0 Å². The van der Waals surface area contributed by atoms with Gasteiger partial charge in [-0.2, -0.15) is 18.2 Å². The Hall–Kier alpha value is -3.15. The fourth-order valence-electron chi connectivity index (χ4n) is 3.32. The second-order valence-corrected chi connectivity index (χ2v) is 8.09. The maximum absolute atomic E-state index is 12.8. The van der Waals surface area contributed by atoms with E-state index in [9.17, 15) is 18.0 Å². The molecule has 192 valence electrons. The molecule has 1 aromatic carbocycles. The van der Waals surface area contributed by atoms with Crippen molar-refractivity contribution in [1.82, 2.24) is 20.0 Å². The van der Waals surface area contributed by atoms with Crippen molar-refractivity contribution >= 4 is 40.5 Å². The van der Waals surface area contributed by atoms with Crippen molar-refractivity contribution in [2.45, 2.75) is 33.1 Å². The molecule has 0 aliphatic carbocycles. The molecular weight excluding hydrogens is 522 g/mol. The predicted octanol–water partition coefficient (Wildman–Crippen LogP) is 6.30. The van der Waals surface area contributed by atoms with E-state index in [2.05, 4.69) is 20.4 Å². The number of pyridine rings is 1. The first-order valence-corrected chi connectivity index (χ1v) is 11.6. The summed E-state index contributed by atoms with van der Waals surface area (Å²) in [5.41, 5.74) is 1.06. The molecule has 0 unspecified atom stereocenters. The molecule has 0 bridgehead atoms. The lowest BCUT2D eigenvalue weighted by Crippen LogP contribution is -2.38. The minimum absolute atomic E-state index is 0.141. The summed E-state index contributed by atoms with van der Waals surface area (Å²) in [6.45, 7) is 4.24. The van der Waals surface area contributed by atoms with Gasteiger partial charge < -0.3 is 19.8 Å². The van der Waals surface area contributed by atoms with Crippen molar-refractivity contribution in [3.05, 3.63) is 63.7 Å². The third kappa shape index (κ3) is 6.34. The van der Waals surface area contributed by atoms with E-state index < -0.39 is 22.8 Å². The number of alkyl halides is 3. The van der Waals surface area contributed by atoms with Crippen LogP contribution in [0.1, 0.15) is 37.4 Å². The topological polar surface area (TPSA) is 104 Å². The van der Waals surface area contributed by atoms with Crippen LogP contribution in [0.4, 0.5) is 23.7 Å². The van der Waals surface area contributed by atoms with E-state index in [0.29, 0.717) is 29.2 Å². The van der Waals surface area contributed by atoms with E-state index in [-0.39, 0.29) is 30.6 Å². The average molecular weight is 544 g/mol. The summed E-state index contributed by atoms with van der Waals surface area (Å²) in [7, 11) is 0. The van der Waals surface area contributed by atoms with Crippen LogP contribution in [-0.2, 0) is 12.8 Å². The van der Waals surface area contributed by atoms with E-state index in [0.717, 1.165) is 23.8 Å². The first kappa shape index (κ1) is 27.4. The molecule has 3 aromatic rings. The summed E-state index contributed by atoms with van der Waals surface area (Å²) in [4.78, 5) is 22.4. The van der Waals surface area contributed by atoms with Crippen LogP contribution < -0.4 is 5.32 Å². The number of benzene rings is 1. The van der Waals surface area contributed by atoms with Gasteiger partial charge in [-0.3, -0.25) is 4.98 Å². The van der Waals surface area contributed by atoms with Gasteiger partial charge in [0.1, 0.15) is 6.61 Å². The van der Waals surface area contributed by atoms with Crippen molar-refractivity contribution in [3.63, 3.8) is 0 Å². The van der Waals surface area contributed by atoms with Gasteiger partial charge in [-0.1, -0.05) is 48.3 Å². The van der Waals surface area contributed by atoms with Gasteiger partial charge in [0.05, 0.1) is 26.9 Å². The highest BCUT2D eigenvalue weighted by molar-refractivity contribution is 6.32. The summed E-state index contributed by atoms with van der Waals surface area (Å²) in [6, 6.07) is 4.17. The number of amides is 2. The number of aliphatic hydroxyl groups excluding tert-OH is 1. The predicted molar refractivity (Wildman–Crippen MR) is 129 cm³/mol. The molecule has 13 heteroatoms. The zero-order chi connectivity index (χ0) is 26.5. The molecule has 0 radical (unpaired) electrons. The second kappa shape index (κ2) is 11.7. The van der Waals surface area contributed by atoms with Crippen LogP contribution in [0.15, 0.2) is 41.1 Å². The minimum atomic E-state index is -4.57. The Morgan fingerprint density at radius 1 is 1.22 bits per heavy atom. The Bertz CT molecular complexity index is 1260. The number of anilines is 1. The van der Waals surface area contributed by atoms with Gasteiger partial charge >= 0.3 is 12.2 Å². The van der Waals surface area contributed by atoms with Crippen LogP contribution in [0, 0.1) is 0 Å². The van der Waals surface area contributed by atoms with Crippen molar-refractivity contribution in [1.29, 1.82) is 0 Å². The molecule has 3 heterocycles. The van der Waals surface area contributed by atoms with Gasteiger partial charge in [0.25, 0.3) is 5.89 Å². The summed E-state index contributed by atoms with van der Waals surface area (Å²) >= 11 is 12.1. The molecule has 1 aliphatic heterocycles. The molecule has 36 heavy (non-hydrogen) atoms. The van der Waals surface area contributed by atoms with Crippen molar-refractivity contribution in [2.75, 3.05) is 18.4 Å². The number of halogens is 5. The number of carbonyl (C=O) groups is 1. The van der Waals surface area contributed by atoms with Gasteiger partial charge in [0.15, 0.2) is 5.82 Å². The number of carbonyl (C=O) groups excluding carboxylic acids is 1. The lowest BCUT2D eigenvalue weighted by molar-refractivity contribution is -0.137. The number of hydrogen-bond donors (Lipinski definition) is 2. The Kier molecular flexibility index (Phi) is 8.93. The Morgan fingerprint density at radius 2 is 1.97 bits per heavy atom. The quantitative estimate of drug-likeness (QED) is 0.400. The summed E-state index contributed by atoms with van der Waals surface area (Å²) in [5, 5.41) is 15.1. The maximum atomic E-state index is 12.8. The number of rotatable bonds is 4. The van der Waals surface area contributed by atoms with Crippen LogP contribution >= 0.6 is 23.2 Å². The Labute approximate surface area is 214 Å². The Morgan fingerprint density at radius 3 is 2.53 bits per heavy atom. The van der Waals surface area contributed by atoms with Crippen LogP contribution in [0.25, 0.3) is 17.0 Å². The van der Waals surface area contributed by atoms with E-state index >= 15 is 0 Å². The molecule has 4 rings (SSSR count). The zero-order valence-corrected chi connectivity index (χ0v) is 20.7. The van der Waals surface area contributed by atoms with Gasteiger partial charge in [-0.05, 0) is 36.3 Å². The highest BCUT2D eigenvalue weighted by Crippen LogP contribution is 2.36. The largest absolute Gasteiger partial charge is 0.417 e. The van der Waals surface area contributed by atoms with E-state index in [1.165, 1.54) is 11.1 Å². The van der Waals surface area contributed by atoms with E-state index in [4.69, 9.17) is 32.8 Å². The van der Waals surface area contributed by atoms with Gasteiger partial charge in [0.2, 0.25) is 0 Å². The molecule has 2 N–H and O–H groups in total. The summed E-state index contributed by atoms with van der Waals surface area (Å²) < 4.78 is 43.6. The zero-order valence-electron chi connectivity index (χ0n) is 19.2. The standard InChI is InChI=1S/C21H16Cl2F3N5O3.C2H6/c22-15-8-13(1-2-14(15)21(24,25)26)28-20(33)31-5-3-11(4-6-31)18-16(23)7-12(9-27-18)19-29-17(10-32)30-34-19;1-2/h1-3,7-9,32H,4-6,10H2,(H,28,33);1-2H3. The third-order valence-corrected chi connectivity index (χ3v) is 5.62. The average Bonchev–Trinajstić information content (AvgIpc) is 3.34. The van der Waals surface area contributed by atoms with E-state index in [1.54, 1.807) is 12.1 Å². The second-order valence-electron chi connectivity index (χ2n) is 7.28. The lowest BCUT2D eigenvalue weighted by Gasteiger charge is -2.27. The Balaban J connectivity index is 0.00000176. The molecule has 0 saturated heterocycles. The van der Waals surface area contributed by atoms with Gasteiger partial charge in [0, 0.05) is 25.0 Å². The molecular formula is C23H22Cl2F3N5O3. The third-order valence-electron chi connectivity index (χ3n) is 5.02. The van der Waals surface area contributed by atoms with Crippen LogP contribution in [0.2, 0.25) is 10.0 Å². The SMILES string of the molecule is CC.O=C(Nc1ccc(C(F)(F)F)c(Cl)c1)N1CC=C(c2ncc(-c3nc(CO)no3)cc2Cl)CC1. The highest BCUT2D eigenvalue weighted by Gasteiger charge is 2.33. The molecule has 0 spiro atoms. The van der Waals surface area contributed by atoms with Crippen LogP contribution in [0.3, 0.4) is 0 Å². The number of nitrogens with one attached hydrogen (secondary N) is 1. The number of nitrogens with zero attached hydrogens (tertiary/aromatic N) is 4. The molecule has 0 saturated carbocycles.